The van der Waals surface area contributed by atoms with Gasteiger partial charge in [0, 0.05) is 33.7 Å². The largest absolute Gasteiger partial charge is 0.354 e. The summed E-state index contributed by atoms with van der Waals surface area (Å²) in [5.74, 6) is -0.958. The van der Waals surface area contributed by atoms with Gasteiger partial charge in [-0.15, -0.1) is 0 Å². The molecule has 0 aliphatic carbocycles. The minimum absolute atomic E-state index is 0.0774. The second-order valence-electron chi connectivity index (χ2n) is 8.25. The molecule has 1 N–H and O–H groups in total. The highest BCUT2D eigenvalue weighted by molar-refractivity contribution is 7.92. The third kappa shape index (κ3) is 8.00. The first kappa shape index (κ1) is 29.2. The second-order valence-corrected chi connectivity index (χ2v) is 11.4. The number of sulfonamides is 1. The highest BCUT2D eigenvalue weighted by Gasteiger charge is 2.31. The van der Waals surface area contributed by atoms with Crippen LogP contribution in [0.3, 0.4) is 0 Å². The molecule has 0 aliphatic rings. The van der Waals surface area contributed by atoms with Crippen LogP contribution < -0.4 is 9.62 Å². The van der Waals surface area contributed by atoms with Gasteiger partial charge in [0.25, 0.3) is 0 Å². The van der Waals surface area contributed by atoms with Gasteiger partial charge in [-0.05, 0) is 50.1 Å². The summed E-state index contributed by atoms with van der Waals surface area (Å²) >= 11 is 18.9. The summed E-state index contributed by atoms with van der Waals surface area (Å²) in [6.07, 6.45) is 2.69. The maximum atomic E-state index is 13.5. The fraction of sp³-hybridized carbons (Fsp3) is 0.417. The number of nitrogens with zero attached hydrogens (tertiary/aromatic N) is 2. The summed E-state index contributed by atoms with van der Waals surface area (Å²) < 4.78 is 26.2. The Morgan fingerprint density at radius 2 is 1.69 bits per heavy atom. The van der Waals surface area contributed by atoms with E-state index < -0.39 is 28.5 Å². The Bertz CT molecular complexity index is 1150. The first-order valence-electron chi connectivity index (χ1n) is 11.1. The number of nitrogens with one attached hydrogen (secondary N) is 1. The molecule has 0 aliphatic heterocycles. The first-order valence-corrected chi connectivity index (χ1v) is 14.1. The van der Waals surface area contributed by atoms with Gasteiger partial charge in [0.05, 0.1) is 11.9 Å². The van der Waals surface area contributed by atoms with E-state index in [1.54, 1.807) is 44.2 Å². The van der Waals surface area contributed by atoms with Crippen LogP contribution in [0.1, 0.15) is 37.8 Å². The number of aryl methyl sites for hydroxylation is 1. The van der Waals surface area contributed by atoms with E-state index >= 15 is 0 Å². The van der Waals surface area contributed by atoms with Crippen LogP contribution in [-0.4, -0.2) is 50.5 Å². The molecule has 0 unspecified atom stereocenters. The van der Waals surface area contributed by atoms with E-state index in [4.69, 9.17) is 34.8 Å². The minimum Gasteiger partial charge on any atom is -0.354 e. The van der Waals surface area contributed by atoms with Crippen molar-refractivity contribution in [3.8, 4) is 0 Å². The lowest BCUT2D eigenvalue weighted by Gasteiger charge is -2.32. The third-order valence-electron chi connectivity index (χ3n) is 5.51. The molecular formula is C24H30Cl3N3O4S. The predicted octanol–water partition coefficient (Wildman–Crippen LogP) is 5.05. The number of carbonyl (C=O) groups excluding carboxylic acids is 2. The lowest BCUT2D eigenvalue weighted by Crippen LogP contribution is -2.51. The van der Waals surface area contributed by atoms with Crippen LogP contribution in [-0.2, 0) is 26.2 Å². The van der Waals surface area contributed by atoms with Crippen molar-refractivity contribution in [1.29, 1.82) is 0 Å². The number of halogens is 3. The van der Waals surface area contributed by atoms with Crippen molar-refractivity contribution in [3.63, 3.8) is 0 Å². The molecule has 2 aromatic rings. The molecule has 35 heavy (non-hydrogen) atoms. The zero-order valence-corrected chi connectivity index (χ0v) is 23.2. The topological polar surface area (TPSA) is 86.8 Å². The van der Waals surface area contributed by atoms with Crippen molar-refractivity contribution < 1.29 is 18.0 Å². The lowest BCUT2D eigenvalue weighted by molar-refractivity contribution is -0.139. The third-order valence-corrected chi connectivity index (χ3v) is 7.77. The average molecular weight is 563 g/mol. The molecule has 0 heterocycles. The Morgan fingerprint density at radius 1 is 1.06 bits per heavy atom. The van der Waals surface area contributed by atoms with Gasteiger partial charge < -0.3 is 10.2 Å². The molecule has 0 radical (unpaired) electrons. The summed E-state index contributed by atoms with van der Waals surface area (Å²) in [4.78, 5) is 27.7. The summed E-state index contributed by atoms with van der Waals surface area (Å²) in [5, 5.41) is 3.85. The summed E-state index contributed by atoms with van der Waals surface area (Å²) in [5.41, 5.74) is 1.47. The van der Waals surface area contributed by atoms with E-state index in [-0.39, 0.29) is 18.1 Å². The van der Waals surface area contributed by atoms with Crippen LogP contribution in [0, 0.1) is 6.92 Å². The lowest BCUT2D eigenvalue weighted by atomic mass is 10.1. The van der Waals surface area contributed by atoms with E-state index in [0.717, 1.165) is 29.0 Å². The molecule has 0 saturated heterocycles. The predicted molar refractivity (Wildman–Crippen MR) is 143 cm³/mol. The van der Waals surface area contributed by atoms with Gasteiger partial charge in [0.15, 0.2) is 0 Å². The molecule has 2 amide bonds. The molecular weight excluding hydrogens is 533 g/mol. The van der Waals surface area contributed by atoms with E-state index in [0.29, 0.717) is 27.2 Å². The first-order chi connectivity index (χ1) is 16.4. The molecule has 0 aromatic heterocycles. The molecule has 2 rings (SSSR count). The molecule has 2 aromatic carbocycles. The van der Waals surface area contributed by atoms with E-state index in [9.17, 15) is 18.0 Å². The number of rotatable bonds is 11. The number of amides is 2. The average Bonchev–Trinajstić information content (AvgIpc) is 2.78. The SMILES string of the molecule is CCCCNC(=O)[C@@H](C)N(Cc1c(Cl)cccc1Cl)C(=O)CN(c1ccc(C)c(Cl)c1)S(C)(=O)=O. The van der Waals surface area contributed by atoms with E-state index in [1.807, 2.05) is 6.92 Å². The normalized spacial score (nSPS) is 12.2. The van der Waals surface area contributed by atoms with Crippen LogP contribution in [0.25, 0.3) is 0 Å². The number of unbranched alkanes of at least 4 members (excludes halogenated alkanes) is 1. The Morgan fingerprint density at radius 3 is 2.23 bits per heavy atom. The van der Waals surface area contributed by atoms with Crippen molar-refractivity contribution in [1.82, 2.24) is 10.2 Å². The van der Waals surface area contributed by atoms with Gasteiger partial charge in [-0.2, -0.15) is 0 Å². The maximum Gasteiger partial charge on any atom is 0.244 e. The zero-order valence-electron chi connectivity index (χ0n) is 20.1. The Hall–Kier alpha value is -2.00. The summed E-state index contributed by atoms with van der Waals surface area (Å²) in [6, 6.07) is 8.77. The molecule has 0 saturated carbocycles. The second kappa shape index (κ2) is 12.8. The standard InChI is InChI=1S/C24H30Cl3N3O4S/c1-5-6-12-28-24(32)17(3)29(14-19-20(25)8-7-9-21(19)26)23(31)15-30(35(4,33)34)18-11-10-16(2)22(27)13-18/h7-11,13,17H,5-6,12,14-15H2,1-4H3,(H,28,32)/t17-/m1/s1. The quantitative estimate of drug-likeness (QED) is 0.388. The fourth-order valence-electron chi connectivity index (χ4n) is 3.32. The Balaban J connectivity index is 2.43. The Labute approximate surface area is 222 Å². The molecule has 7 nitrogen and oxygen atoms in total. The highest BCUT2D eigenvalue weighted by Crippen LogP contribution is 2.28. The van der Waals surface area contributed by atoms with Crippen LogP contribution in [0.15, 0.2) is 36.4 Å². The van der Waals surface area contributed by atoms with Crippen LogP contribution in [0.4, 0.5) is 5.69 Å². The van der Waals surface area contributed by atoms with Gasteiger partial charge in [-0.25, -0.2) is 8.42 Å². The number of hydrogen-bond donors (Lipinski definition) is 1. The molecule has 0 fully saturated rings. The minimum atomic E-state index is -3.85. The van der Waals surface area contributed by atoms with E-state index in [1.165, 1.54) is 11.0 Å². The molecule has 192 valence electrons. The van der Waals surface area contributed by atoms with Crippen molar-refractivity contribution in [2.45, 2.75) is 46.2 Å². The number of anilines is 1. The van der Waals surface area contributed by atoms with Crippen molar-refractivity contribution in [2.75, 3.05) is 23.7 Å². The van der Waals surface area contributed by atoms with Crippen molar-refractivity contribution in [2.24, 2.45) is 0 Å². The molecule has 1 atom stereocenters. The van der Waals surface area contributed by atoms with Crippen molar-refractivity contribution >= 4 is 62.3 Å². The smallest absolute Gasteiger partial charge is 0.244 e. The van der Waals surface area contributed by atoms with Gasteiger partial charge in [-0.1, -0.05) is 60.3 Å². The molecule has 11 heteroatoms. The monoisotopic (exact) mass is 561 g/mol. The number of carbonyl (C=O) groups is 2. The van der Waals surface area contributed by atoms with Gasteiger partial charge in [-0.3, -0.25) is 13.9 Å². The zero-order chi connectivity index (χ0) is 26.3. The van der Waals surface area contributed by atoms with E-state index in [2.05, 4.69) is 5.32 Å². The maximum absolute atomic E-state index is 13.5. The van der Waals surface area contributed by atoms with Crippen molar-refractivity contribution in [3.05, 3.63) is 62.6 Å². The summed E-state index contributed by atoms with van der Waals surface area (Å²) in [7, 11) is -3.85. The fourth-order valence-corrected chi connectivity index (χ4v) is 4.86. The van der Waals surface area contributed by atoms with Gasteiger partial charge in [0.2, 0.25) is 21.8 Å². The van der Waals surface area contributed by atoms with Crippen LogP contribution in [0.5, 0.6) is 0 Å². The van der Waals surface area contributed by atoms with Crippen LogP contribution >= 0.6 is 34.8 Å². The Kier molecular flexibility index (Phi) is 10.7. The van der Waals surface area contributed by atoms with Gasteiger partial charge >= 0.3 is 0 Å². The highest BCUT2D eigenvalue weighted by atomic mass is 35.5. The van der Waals surface area contributed by atoms with Gasteiger partial charge in [0.1, 0.15) is 12.6 Å². The summed E-state index contributed by atoms with van der Waals surface area (Å²) in [6.45, 7) is 5.22. The molecule has 0 spiro atoms. The molecule has 0 bridgehead atoms. The number of benzene rings is 2. The van der Waals surface area contributed by atoms with Crippen LogP contribution in [0.2, 0.25) is 15.1 Å². The number of hydrogen-bond acceptors (Lipinski definition) is 4.